The number of carbonyl (C=O) groups is 2. The lowest BCUT2D eigenvalue weighted by atomic mass is 10.1. The summed E-state index contributed by atoms with van der Waals surface area (Å²) in [7, 11) is 0. The third-order valence-electron chi connectivity index (χ3n) is 3.78. The molecule has 21 heavy (non-hydrogen) atoms. The van der Waals surface area contributed by atoms with Crippen LogP contribution in [0.2, 0.25) is 0 Å². The van der Waals surface area contributed by atoms with E-state index < -0.39 is 6.04 Å². The first-order valence-electron chi connectivity index (χ1n) is 7.64. The van der Waals surface area contributed by atoms with E-state index in [-0.39, 0.29) is 30.5 Å². The van der Waals surface area contributed by atoms with E-state index in [0.29, 0.717) is 25.7 Å². The first kappa shape index (κ1) is 16.2. The van der Waals surface area contributed by atoms with Crippen molar-refractivity contribution < 1.29 is 14.3 Å². The van der Waals surface area contributed by atoms with Crippen molar-refractivity contribution in [1.29, 1.82) is 0 Å². The van der Waals surface area contributed by atoms with Crippen molar-refractivity contribution in [1.82, 2.24) is 20.9 Å². The van der Waals surface area contributed by atoms with Crippen LogP contribution in [0.4, 0.5) is 0 Å². The van der Waals surface area contributed by atoms with E-state index in [1.54, 1.807) is 4.90 Å². The molecule has 2 amide bonds. The number of carbonyl (C=O) groups excluding carboxylic acids is 2. The van der Waals surface area contributed by atoms with Crippen LogP contribution in [0.3, 0.4) is 0 Å². The number of rotatable bonds is 3. The molecule has 2 aliphatic heterocycles. The van der Waals surface area contributed by atoms with Gasteiger partial charge in [-0.05, 0) is 20.8 Å². The molecule has 2 rings (SSSR count). The van der Waals surface area contributed by atoms with Gasteiger partial charge in [0.15, 0.2) is 0 Å². The summed E-state index contributed by atoms with van der Waals surface area (Å²) < 4.78 is 5.38. The van der Waals surface area contributed by atoms with Crippen molar-refractivity contribution >= 4 is 11.8 Å². The second-order valence-corrected chi connectivity index (χ2v) is 6.06. The monoisotopic (exact) mass is 298 g/mol. The molecular weight excluding hydrogens is 272 g/mol. The van der Waals surface area contributed by atoms with Crippen LogP contribution in [0.1, 0.15) is 20.8 Å². The second kappa shape index (κ2) is 7.20. The second-order valence-electron chi connectivity index (χ2n) is 6.06. The third-order valence-corrected chi connectivity index (χ3v) is 3.78. The summed E-state index contributed by atoms with van der Waals surface area (Å²) in [5.41, 5.74) is 0. The molecule has 0 spiro atoms. The maximum absolute atomic E-state index is 12.6. The first-order valence-corrected chi connectivity index (χ1v) is 7.64. The number of nitrogens with one attached hydrogen (secondary N) is 3. The van der Waals surface area contributed by atoms with Crippen LogP contribution in [-0.4, -0.2) is 73.7 Å². The summed E-state index contributed by atoms with van der Waals surface area (Å²) in [6, 6.07) is -0.395. The number of hydrogen-bond donors (Lipinski definition) is 3. The molecular formula is C14H26N4O3. The van der Waals surface area contributed by atoms with Crippen LogP contribution in [0, 0.1) is 0 Å². The molecule has 0 aliphatic carbocycles. The number of hydrogen-bond acceptors (Lipinski definition) is 5. The van der Waals surface area contributed by atoms with Crippen LogP contribution in [0.25, 0.3) is 0 Å². The number of piperazine rings is 1. The molecule has 0 bridgehead atoms. The molecule has 3 unspecified atom stereocenters. The zero-order chi connectivity index (χ0) is 15.4. The summed E-state index contributed by atoms with van der Waals surface area (Å²) >= 11 is 0. The highest BCUT2D eigenvalue weighted by atomic mass is 16.5. The van der Waals surface area contributed by atoms with Gasteiger partial charge in [-0.2, -0.15) is 0 Å². The molecule has 3 atom stereocenters. The summed E-state index contributed by atoms with van der Waals surface area (Å²) in [5, 5.41) is 9.38. The minimum absolute atomic E-state index is 0.0263. The molecule has 0 aromatic carbocycles. The SMILES string of the molecule is CC(C)NC(=O)C1COCCN1C(=O)C1CNC(C)CN1. The number of ether oxygens (including phenoxy) is 1. The highest BCUT2D eigenvalue weighted by Gasteiger charge is 2.37. The lowest BCUT2D eigenvalue weighted by Gasteiger charge is -2.38. The van der Waals surface area contributed by atoms with E-state index in [1.165, 1.54) is 0 Å². The van der Waals surface area contributed by atoms with Crippen LogP contribution >= 0.6 is 0 Å². The maximum atomic E-state index is 12.6. The fraction of sp³-hybridized carbons (Fsp3) is 0.857. The Kier molecular flexibility index (Phi) is 5.55. The smallest absolute Gasteiger partial charge is 0.245 e. The number of nitrogens with zero attached hydrogens (tertiary/aromatic N) is 1. The molecule has 7 nitrogen and oxygen atoms in total. The van der Waals surface area contributed by atoms with Gasteiger partial charge >= 0.3 is 0 Å². The summed E-state index contributed by atoms with van der Waals surface area (Å²) in [5.74, 6) is -0.170. The fourth-order valence-electron chi connectivity index (χ4n) is 2.62. The van der Waals surface area contributed by atoms with E-state index in [1.807, 2.05) is 13.8 Å². The average molecular weight is 298 g/mol. The number of amides is 2. The van der Waals surface area contributed by atoms with Gasteiger partial charge in [0.25, 0.3) is 0 Å². The van der Waals surface area contributed by atoms with E-state index in [9.17, 15) is 9.59 Å². The molecule has 3 N–H and O–H groups in total. The zero-order valence-electron chi connectivity index (χ0n) is 13.0. The van der Waals surface area contributed by atoms with Gasteiger partial charge in [-0.25, -0.2) is 0 Å². The van der Waals surface area contributed by atoms with Crippen molar-refractivity contribution in [2.45, 2.75) is 44.9 Å². The number of morpholine rings is 1. The van der Waals surface area contributed by atoms with Crippen LogP contribution < -0.4 is 16.0 Å². The Bertz CT molecular complexity index is 380. The van der Waals surface area contributed by atoms with Gasteiger partial charge in [0.2, 0.25) is 11.8 Å². The van der Waals surface area contributed by atoms with Crippen molar-refractivity contribution in [2.24, 2.45) is 0 Å². The Labute approximate surface area is 125 Å². The van der Waals surface area contributed by atoms with Crippen LogP contribution in [0.15, 0.2) is 0 Å². The van der Waals surface area contributed by atoms with Crippen LogP contribution in [0.5, 0.6) is 0 Å². The van der Waals surface area contributed by atoms with E-state index >= 15 is 0 Å². The van der Waals surface area contributed by atoms with Gasteiger partial charge < -0.3 is 25.6 Å². The highest BCUT2D eigenvalue weighted by Crippen LogP contribution is 2.11. The van der Waals surface area contributed by atoms with Crippen LogP contribution in [-0.2, 0) is 14.3 Å². The molecule has 0 aromatic heterocycles. The van der Waals surface area contributed by atoms with Crippen molar-refractivity contribution in [3.63, 3.8) is 0 Å². The Morgan fingerprint density at radius 3 is 2.67 bits per heavy atom. The van der Waals surface area contributed by atoms with E-state index in [2.05, 4.69) is 22.9 Å². The average Bonchev–Trinajstić information content (AvgIpc) is 2.46. The Balaban J connectivity index is 2.00. The molecule has 2 saturated heterocycles. The largest absolute Gasteiger partial charge is 0.377 e. The van der Waals surface area contributed by atoms with Crippen molar-refractivity contribution in [2.75, 3.05) is 32.8 Å². The maximum Gasteiger partial charge on any atom is 0.245 e. The minimum atomic E-state index is -0.533. The highest BCUT2D eigenvalue weighted by molar-refractivity contribution is 5.90. The molecule has 0 aromatic rings. The lowest BCUT2D eigenvalue weighted by molar-refractivity contribution is -0.150. The summed E-state index contributed by atoms with van der Waals surface area (Å²) in [6.45, 7) is 8.43. The predicted molar refractivity (Wildman–Crippen MR) is 78.9 cm³/mol. The van der Waals surface area contributed by atoms with Gasteiger partial charge in [-0.1, -0.05) is 0 Å². The molecule has 0 saturated carbocycles. The Morgan fingerprint density at radius 1 is 1.29 bits per heavy atom. The van der Waals surface area contributed by atoms with Gasteiger partial charge in [-0.3, -0.25) is 9.59 Å². The topological polar surface area (TPSA) is 82.7 Å². The van der Waals surface area contributed by atoms with Crippen molar-refractivity contribution in [3.05, 3.63) is 0 Å². The Morgan fingerprint density at radius 2 is 2.05 bits per heavy atom. The molecule has 0 radical (unpaired) electrons. The predicted octanol–water partition coefficient (Wildman–Crippen LogP) is -1.31. The molecule has 2 heterocycles. The fourth-order valence-corrected chi connectivity index (χ4v) is 2.62. The summed E-state index contributed by atoms with van der Waals surface area (Å²) in [4.78, 5) is 26.5. The summed E-state index contributed by atoms with van der Waals surface area (Å²) in [6.07, 6.45) is 0. The lowest BCUT2D eigenvalue weighted by Crippen LogP contribution is -2.64. The first-order chi connectivity index (χ1) is 9.99. The van der Waals surface area contributed by atoms with Gasteiger partial charge in [0.05, 0.1) is 19.3 Å². The quantitative estimate of drug-likeness (QED) is 0.602. The Hall–Kier alpha value is -1.18. The van der Waals surface area contributed by atoms with Crippen molar-refractivity contribution in [3.8, 4) is 0 Å². The van der Waals surface area contributed by atoms with E-state index in [0.717, 1.165) is 6.54 Å². The third kappa shape index (κ3) is 4.15. The standard InChI is InChI=1S/C14H26N4O3/c1-9(2)17-13(19)12-8-21-5-4-18(12)14(20)11-7-15-10(3)6-16-11/h9-12,15-16H,4-8H2,1-3H3,(H,17,19). The van der Waals surface area contributed by atoms with Gasteiger partial charge in [-0.15, -0.1) is 0 Å². The van der Waals surface area contributed by atoms with Gasteiger partial charge in [0.1, 0.15) is 6.04 Å². The molecule has 2 aliphatic rings. The van der Waals surface area contributed by atoms with Gasteiger partial charge in [0, 0.05) is 31.7 Å². The van der Waals surface area contributed by atoms with E-state index in [4.69, 9.17) is 4.74 Å². The molecule has 2 fully saturated rings. The normalized spacial score (nSPS) is 30.3. The zero-order valence-corrected chi connectivity index (χ0v) is 13.0. The molecule has 7 heteroatoms. The minimum Gasteiger partial charge on any atom is -0.377 e. The molecule has 120 valence electrons.